The molecule has 2 aromatic rings. The van der Waals surface area contributed by atoms with E-state index in [4.69, 9.17) is 4.74 Å². The van der Waals surface area contributed by atoms with Crippen molar-refractivity contribution in [1.29, 1.82) is 0 Å². The van der Waals surface area contributed by atoms with Gasteiger partial charge in [0.05, 0.1) is 18.3 Å². The predicted octanol–water partition coefficient (Wildman–Crippen LogP) is 1.75. The average molecular weight is 204 g/mol. The van der Waals surface area contributed by atoms with Crippen molar-refractivity contribution in [2.24, 2.45) is 7.05 Å². The molecule has 4 nitrogen and oxygen atoms in total. The minimum absolute atomic E-state index is 0.357. The molecule has 0 radical (unpaired) electrons. The van der Waals surface area contributed by atoms with Crippen LogP contribution in [0.1, 0.15) is 17.4 Å². The Labute approximate surface area is 87.5 Å². The molecular formula is C11H12N2O2. The van der Waals surface area contributed by atoms with Gasteiger partial charge in [0.2, 0.25) is 0 Å². The third-order valence-corrected chi connectivity index (χ3v) is 2.26. The fourth-order valence-electron chi connectivity index (χ4n) is 1.48. The second-order valence-electron chi connectivity index (χ2n) is 3.28. The van der Waals surface area contributed by atoms with Gasteiger partial charge in [0.1, 0.15) is 5.69 Å². The Bertz CT molecular complexity index is 502. The number of hydrogen-bond donors (Lipinski definition) is 0. The third-order valence-electron chi connectivity index (χ3n) is 2.26. The summed E-state index contributed by atoms with van der Waals surface area (Å²) in [6, 6.07) is 3.69. The molecule has 0 fully saturated rings. The van der Waals surface area contributed by atoms with Crippen LogP contribution in [0.2, 0.25) is 0 Å². The summed E-state index contributed by atoms with van der Waals surface area (Å²) in [5.74, 6) is -0.372. The Hall–Kier alpha value is -1.84. The number of aryl methyl sites for hydroxylation is 1. The van der Waals surface area contributed by atoms with Crippen LogP contribution in [0.4, 0.5) is 0 Å². The number of esters is 1. The lowest BCUT2D eigenvalue weighted by Gasteiger charge is -2.01. The highest BCUT2D eigenvalue weighted by atomic mass is 16.5. The second-order valence-corrected chi connectivity index (χ2v) is 3.28. The van der Waals surface area contributed by atoms with Gasteiger partial charge >= 0.3 is 5.97 Å². The van der Waals surface area contributed by atoms with Crippen molar-refractivity contribution in [2.75, 3.05) is 6.61 Å². The molecule has 2 aromatic heterocycles. The second kappa shape index (κ2) is 3.73. The van der Waals surface area contributed by atoms with Gasteiger partial charge in [-0.2, -0.15) is 0 Å². The standard InChI is InChI=1S/C11H12N2O2/c1-3-15-11(14)9-6-8-4-5-13(2)10(8)7-12-9/h4-7H,3H2,1-2H3. The minimum Gasteiger partial charge on any atom is -0.461 e. The zero-order valence-electron chi connectivity index (χ0n) is 8.73. The molecule has 0 aromatic carbocycles. The molecule has 2 rings (SSSR count). The smallest absolute Gasteiger partial charge is 0.356 e. The summed E-state index contributed by atoms with van der Waals surface area (Å²) in [6.45, 7) is 2.15. The predicted molar refractivity (Wildman–Crippen MR) is 56.7 cm³/mol. The molecule has 0 bridgehead atoms. The van der Waals surface area contributed by atoms with Crippen LogP contribution in [0, 0.1) is 0 Å². The first-order valence-electron chi connectivity index (χ1n) is 4.80. The quantitative estimate of drug-likeness (QED) is 0.700. The Balaban J connectivity index is 2.43. The van der Waals surface area contributed by atoms with Crippen LogP contribution in [0.3, 0.4) is 0 Å². The lowest BCUT2D eigenvalue weighted by atomic mass is 10.2. The molecule has 15 heavy (non-hydrogen) atoms. The van der Waals surface area contributed by atoms with Gasteiger partial charge in [-0.3, -0.25) is 0 Å². The number of rotatable bonds is 2. The molecule has 0 saturated carbocycles. The van der Waals surface area contributed by atoms with Crippen molar-refractivity contribution in [1.82, 2.24) is 9.55 Å². The normalized spacial score (nSPS) is 10.5. The fraction of sp³-hybridized carbons (Fsp3) is 0.273. The van der Waals surface area contributed by atoms with Crippen LogP contribution in [0.25, 0.3) is 10.9 Å². The molecular weight excluding hydrogens is 192 g/mol. The van der Waals surface area contributed by atoms with Gasteiger partial charge in [0.25, 0.3) is 0 Å². The maximum atomic E-state index is 11.4. The number of pyridine rings is 1. The molecule has 0 saturated heterocycles. The zero-order chi connectivity index (χ0) is 10.8. The molecule has 0 aliphatic carbocycles. The molecule has 0 atom stereocenters. The highest BCUT2D eigenvalue weighted by Crippen LogP contribution is 2.14. The summed E-state index contributed by atoms with van der Waals surface area (Å²) in [5.41, 5.74) is 1.36. The number of aromatic nitrogens is 2. The van der Waals surface area contributed by atoms with E-state index in [1.165, 1.54) is 0 Å². The van der Waals surface area contributed by atoms with Crippen molar-refractivity contribution < 1.29 is 9.53 Å². The number of hydrogen-bond acceptors (Lipinski definition) is 3. The maximum Gasteiger partial charge on any atom is 0.356 e. The van der Waals surface area contributed by atoms with Gasteiger partial charge in [0.15, 0.2) is 0 Å². The van der Waals surface area contributed by atoms with E-state index < -0.39 is 0 Å². The van der Waals surface area contributed by atoms with Crippen LogP contribution >= 0.6 is 0 Å². The van der Waals surface area contributed by atoms with Crippen molar-refractivity contribution in [3.63, 3.8) is 0 Å². The maximum absolute atomic E-state index is 11.4. The Morgan fingerprint density at radius 3 is 3.13 bits per heavy atom. The van der Waals surface area contributed by atoms with Crippen LogP contribution < -0.4 is 0 Å². The number of carbonyl (C=O) groups is 1. The van der Waals surface area contributed by atoms with Crippen LogP contribution in [0.5, 0.6) is 0 Å². The van der Waals surface area contributed by atoms with Crippen LogP contribution in [0.15, 0.2) is 24.5 Å². The first-order valence-corrected chi connectivity index (χ1v) is 4.80. The molecule has 0 aliphatic heterocycles. The van der Waals surface area contributed by atoms with Gasteiger partial charge in [-0.1, -0.05) is 0 Å². The number of carbonyl (C=O) groups excluding carboxylic acids is 1. The Morgan fingerprint density at radius 2 is 2.40 bits per heavy atom. The highest BCUT2D eigenvalue weighted by molar-refractivity contribution is 5.92. The topological polar surface area (TPSA) is 44.1 Å². The largest absolute Gasteiger partial charge is 0.461 e. The zero-order valence-corrected chi connectivity index (χ0v) is 8.73. The van der Waals surface area contributed by atoms with E-state index in [0.717, 1.165) is 10.9 Å². The summed E-state index contributed by atoms with van der Waals surface area (Å²) < 4.78 is 6.83. The van der Waals surface area contributed by atoms with E-state index in [1.807, 2.05) is 23.9 Å². The summed E-state index contributed by atoms with van der Waals surface area (Å²) in [4.78, 5) is 15.5. The van der Waals surface area contributed by atoms with Gasteiger partial charge in [-0.15, -0.1) is 0 Å². The van der Waals surface area contributed by atoms with E-state index in [1.54, 1.807) is 19.2 Å². The molecule has 0 spiro atoms. The lowest BCUT2D eigenvalue weighted by Crippen LogP contribution is -2.06. The summed E-state index contributed by atoms with van der Waals surface area (Å²) in [6.07, 6.45) is 3.61. The van der Waals surface area contributed by atoms with E-state index in [2.05, 4.69) is 4.98 Å². The first kappa shape index (κ1) is 9.71. The average Bonchev–Trinajstić information content (AvgIpc) is 2.60. The van der Waals surface area contributed by atoms with Crippen molar-refractivity contribution in [2.45, 2.75) is 6.92 Å². The van der Waals surface area contributed by atoms with Crippen LogP contribution in [-0.2, 0) is 11.8 Å². The molecule has 2 heterocycles. The minimum atomic E-state index is -0.372. The third kappa shape index (κ3) is 1.70. The lowest BCUT2D eigenvalue weighted by molar-refractivity contribution is 0.0520. The van der Waals surface area contributed by atoms with Gasteiger partial charge in [0, 0.05) is 18.6 Å². The molecule has 0 amide bonds. The number of ether oxygens (including phenoxy) is 1. The van der Waals surface area contributed by atoms with Crippen molar-refractivity contribution in [3.8, 4) is 0 Å². The van der Waals surface area contributed by atoms with E-state index in [0.29, 0.717) is 12.3 Å². The Morgan fingerprint density at radius 1 is 1.60 bits per heavy atom. The van der Waals surface area contributed by atoms with E-state index in [-0.39, 0.29) is 5.97 Å². The van der Waals surface area contributed by atoms with Crippen molar-refractivity contribution in [3.05, 3.63) is 30.2 Å². The summed E-state index contributed by atoms with van der Waals surface area (Å²) in [7, 11) is 1.94. The number of fused-ring (bicyclic) bond motifs is 1. The monoisotopic (exact) mass is 204 g/mol. The molecule has 0 N–H and O–H groups in total. The fourth-order valence-corrected chi connectivity index (χ4v) is 1.48. The first-order chi connectivity index (χ1) is 7.22. The number of nitrogens with zero attached hydrogens (tertiary/aromatic N) is 2. The summed E-state index contributed by atoms with van der Waals surface area (Å²) in [5, 5.41) is 0.996. The molecule has 0 aliphatic rings. The van der Waals surface area contributed by atoms with E-state index in [9.17, 15) is 4.79 Å². The molecule has 0 unspecified atom stereocenters. The molecule has 78 valence electrons. The summed E-state index contributed by atoms with van der Waals surface area (Å²) >= 11 is 0. The highest BCUT2D eigenvalue weighted by Gasteiger charge is 2.09. The van der Waals surface area contributed by atoms with E-state index >= 15 is 0 Å². The molecule has 4 heteroatoms. The van der Waals surface area contributed by atoms with Gasteiger partial charge < -0.3 is 9.30 Å². The van der Waals surface area contributed by atoms with Crippen molar-refractivity contribution >= 4 is 16.9 Å². The van der Waals surface area contributed by atoms with Gasteiger partial charge in [-0.05, 0) is 19.1 Å². The van der Waals surface area contributed by atoms with Crippen LogP contribution in [-0.4, -0.2) is 22.1 Å². The Kier molecular flexibility index (Phi) is 2.41. The SMILES string of the molecule is CCOC(=O)c1cc2ccn(C)c2cn1. The van der Waals surface area contributed by atoms with Gasteiger partial charge in [-0.25, -0.2) is 9.78 Å².